The first-order valence-corrected chi connectivity index (χ1v) is 11.4. The van der Waals surface area contributed by atoms with Crippen LogP contribution in [0.3, 0.4) is 0 Å². The molecule has 2 N–H and O–H groups in total. The van der Waals surface area contributed by atoms with E-state index >= 15 is 0 Å². The fourth-order valence-corrected chi connectivity index (χ4v) is 5.39. The Balaban J connectivity index is 1.55. The van der Waals surface area contributed by atoms with Crippen molar-refractivity contribution in [1.29, 1.82) is 0 Å². The van der Waals surface area contributed by atoms with E-state index in [1.54, 1.807) is 18.2 Å². The number of sulfonamides is 1. The number of benzene rings is 1. The molecular formula is C17H9Cl3N4O4S2. The molecule has 0 spiro atoms. The summed E-state index contributed by atoms with van der Waals surface area (Å²) < 4.78 is 32.2. The highest BCUT2D eigenvalue weighted by atomic mass is 35.5. The molecular weight excluding hydrogens is 495 g/mol. The topological polar surface area (TPSA) is 114 Å². The van der Waals surface area contributed by atoms with Crippen LogP contribution >= 0.6 is 46.1 Å². The Morgan fingerprint density at radius 2 is 1.83 bits per heavy atom. The summed E-state index contributed by atoms with van der Waals surface area (Å²) in [5.41, 5.74) is 0.645. The number of ether oxygens (including phenoxy) is 1. The van der Waals surface area contributed by atoms with E-state index in [1.807, 2.05) is 4.72 Å². The highest BCUT2D eigenvalue weighted by Crippen LogP contribution is 2.34. The minimum absolute atomic E-state index is 0.0437. The van der Waals surface area contributed by atoms with Crippen LogP contribution in [-0.2, 0) is 10.0 Å². The maximum atomic E-state index is 12.5. The standard InChI is InChI=1S/C17H9Cl3N4O4S2/c18-9-6-21-17(22-7-9)28-10-1-2-12-8(3-10)4-13(23-12)16(25)24-30(26,27)14-5-11(19)15(20)29-14/h1-7,23H,(H,24,25). The SMILES string of the molecule is O=C(NS(=O)(=O)c1cc(Cl)c(Cl)s1)c1cc2cc(Oc3ncc(Cl)cn3)ccc2[nH]1. The number of rotatable bonds is 5. The number of nitrogens with one attached hydrogen (secondary N) is 2. The number of amides is 1. The second kappa shape index (κ2) is 8.05. The van der Waals surface area contributed by atoms with Crippen LogP contribution in [0.25, 0.3) is 10.9 Å². The van der Waals surface area contributed by atoms with Crippen LogP contribution in [-0.4, -0.2) is 29.3 Å². The van der Waals surface area contributed by atoms with Gasteiger partial charge < -0.3 is 9.72 Å². The van der Waals surface area contributed by atoms with Gasteiger partial charge in [0.05, 0.1) is 22.4 Å². The number of carbonyl (C=O) groups excluding carboxylic acids is 1. The van der Waals surface area contributed by atoms with Gasteiger partial charge in [-0.2, -0.15) is 0 Å². The van der Waals surface area contributed by atoms with Gasteiger partial charge in [0, 0.05) is 10.9 Å². The molecule has 1 amide bonds. The number of H-pyrrole nitrogens is 1. The van der Waals surface area contributed by atoms with Gasteiger partial charge in [-0.05, 0) is 30.3 Å². The second-order valence-corrected chi connectivity index (χ2v) is 10.2. The summed E-state index contributed by atoms with van der Waals surface area (Å²) in [4.78, 5) is 23.2. The fraction of sp³-hybridized carbons (Fsp3) is 0. The Morgan fingerprint density at radius 3 is 2.50 bits per heavy atom. The van der Waals surface area contributed by atoms with Gasteiger partial charge in [0.25, 0.3) is 15.9 Å². The van der Waals surface area contributed by atoms with Crippen LogP contribution in [0.2, 0.25) is 14.4 Å². The zero-order valence-electron chi connectivity index (χ0n) is 14.5. The number of aromatic amines is 1. The van der Waals surface area contributed by atoms with Gasteiger partial charge >= 0.3 is 6.01 Å². The van der Waals surface area contributed by atoms with Crippen molar-refractivity contribution < 1.29 is 17.9 Å². The molecule has 8 nitrogen and oxygen atoms in total. The quantitative estimate of drug-likeness (QED) is 0.401. The van der Waals surface area contributed by atoms with Gasteiger partial charge in [-0.25, -0.2) is 23.1 Å². The lowest BCUT2D eigenvalue weighted by Gasteiger charge is -2.03. The first kappa shape index (κ1) is 20.9. The molecule has 13 heteroatoms. The third kappa shape index (κ3) is 4.37. The lowest BCUT2D eigenvalue weighted by molar-refractivity contribution is 0.0977. The molecule has 0 saturated heterocycles. The Hall–Kier alpha value is -2.37. The minimum Gasteiger partial charge on any atom is -0.424 e. The average Bonchev–Trinajstić information content (AvgIpc) is 3.27. The van der Waals surface area contributed by atoms with Crippen LogP contribution in [0.4, 0.5) is 0 Å². The maximum absolute atomic E-state index is 12.5. The Bertz CT molecular complexity index is 1350. The molecule has 4 aromatic rings. The van der Waals surface area contributed by atoms with Crippen molar-refractivity contribution in [3.8, 4) is 11.8 Å². The lowest BCUT2D eigenvalue weighted by Crippen LogP contribution is -2.30. The van der Waals surface area contributed by atoms with Crippen LogP contribution in [0.1, 0.15) is 10.5 Å². The lowest BCUT2D eigenvalue weighted by atomic mass is 10.2. The molecule has 1 aromatic carbocycles. The maximum Gasteiger partial charge on any atom is 0.321 e. The van der Waals surface area contributed by atoms with E-state index in [4.69, 9.17) is 39.5 Å². The predicted molar refractivity (Wildman–Crippen MR) is 114 cm³/mol. The van der Waals surface area contributed by atoms with Crippen LogP contribution in [0.5, 0.6) is 11.8 Å². The summed E-state index contributed by atoms with van der Waals surface area (Å²) in [5, 5.41) is 1.09. The van der Waals surface area contributed by atoms with Crippen molar-refractivity contribution in [2.45, 2.75) is 4.21 Å². The molecule has 0 aliphatic rings. The zero-order valence-corrected chi connectivity index (χ0v) is 18.4. The molecule has 3 heterocycles. The number of carbonyl (C=O) groups is 1. The Kier molecular flexibility index (Phi) is 5.60. The normalized spacial score (nSPS) is 11.6. The third-order valence-electron chi connectivity index (χ3n) is 3.76. The molecule has 0 atom stereocenters. The summed E-state index contributed by atoms with van der Waals surface area (Å²) >= 11 is 18.1. The van der Waals surface area contributed by atoms with Gasteiger partial charge in [-0.15, -0.1) is 11.3 Å². The Labute approximate surface area is 188 Å². The average molecular weight is 504 g/mol. The van der Waals surface area contributed by atoms with Crippen LogP contribution in [0.15, 0.2) is 46.9 Å². The van der Waals surface area contributed by atoms with Crippen molar-refractivity contribution in [3.63, 3.8) is 0 Å². The molecule has 0 fully saturated rings. The van der Waals surface area contributed by atoms with Gasteiger partial charge in [0.2, 0.25) is 0 Å². The summed E-state index contributed by atoms with van der Waals surface area (Å²) in [5.74, 6) is -0.415. The third-order valence-corrected chi connectivity index (χ3v) is 7.62. The second-order valence-electron chi connectivity index (χ2n) is 5.84. The smallest absolute Gasteiger partial charge is 0.321 e. The summed E-state index contributed by atoms with van der Waals surface area (Å²) in [6.07, 6.45) is 2.80. The monoisotopic (exact) mass is 502 g/mol. The molecule has 30 heavy (non-hydrogen) atoms. The number of halogens is 3. The molecule has 0 aliphatic heterocycles. The number of hydrogen-bond donors (Lipinski definition) is 2. The number of fused-ring (bicyclic) bond motifs is 1. The van der Waals surface area contributed by atoms with E-state index < -0.39 is 15.9 Å². The molecule has 4 rings (SSSR count). The molecule has 0 unspecified atom stereocenters. The van der Waals surface area contributed by atoms with E-state index in [0.29, 0.717) is 21.7 Å². The zero-order chi connectivity index (χ0) is 21.5. The van der Waals surface area contributed by atoms with Crippen molar-refractivity contribution in [1.82, 2.24) is 19.7 Å². The largest absolute Gasteiger partial charge is 0.424 e. The molecule has 0 bridgehead atoms. The van der Waals surface area contributed by atoms with Crippen LogP contribution in [0, 0.1) is 0 Å². The number of nitrogens with zero attached hydrogens (tertiary/aromatic N) is 2. The summed E-state index contributed by atoms with van der Waals surface area (Å²) in [6, 6.07) is 7.73. The highest BCUT2D eigenvalue weighted by Gasteiger charge is 2.23. The highest BCUT2D eigenvalue weighted by molar-refractivity contribution is 7.92. The molecule has 0 aliphatic carbocycles. The molecule has 0 radical (unpaired) electrons. The van der Waals surface area contributed by atoms with Crippen LogP contribution < -0.4 is 9.46 Å². The molecule has 0 saturated carbocycles. The van der Waals surface area contributed by atoms with E-state index in [1.165, 1.54) is 24.5 Å². The van der Waals surface area contributed by atoms with Gasteiger partial charge in [-0.3, -0.25) is 4.79 Å². The number of hydrogen-bond acceptors (Lipinski definition) is 7. The van der Waals surface area contributed by atoms with E-state index in [9.17, 15) is 13.2 Å². The number of thiophene rings is 1. The molecule has 3 aromatic heterocycles. The first-order chi connectivity index (χ1) is 14.2. The fourth-order valence-electron chi connectivity index (χ4n) is 2.44. The van der Waals surface area contributed by atoms with Crippen molar-refractivity contribution in [2.24, 2.45) is 0 Å². The minimum atomic E-state index is -4.12. The van der Waals surface area contributed by atoms with E-state index in [2.05, 4.69) is 15.0 Å². The van der Waals surface area contributed by atoms with Gasteiger partial charge in [-0.1, -0.05) is 34.8 Å². The van der Waals surface area contributed by atoms with Gasteiger partial charge in [0.1, 0.15) is 20.0 Å². The molecule has 154 valence electrons. The van der Waals surface area contributed by atoms with Crippen molar-refractivity contribution >= 4 is 73.0 Å². The predicted octanol–water partition coefficient (Wildman–Crippen LogP) is 4.89. The van der Waals surface area contributed by atoms with Crippen molar-refractivity contribution in [3.05, 3.63) is 62.8 Å². The van der Waals surface area contributed by atoms with Crippen molar-refractivity contribution in [2.75, 3.05) is 0 Å². The summed E-state index contributed by atoms with van der Waals surface area (Å²) in [7, 11) is -4.12. The summed E-state index contributed by atoms with van der Waals surface area (Å²) in [6.45, 7) is 0. The van der Waals surface area contributed by atoms with Gasteiger partial charge in [0.15, 0.2) is 0 Å². The van der Waals surface area contributed by atoms with E-state index in [-0.39, 0.29) is 25.3 Å². The number of aromatic nitrogens is 3. The first-order valence-electron chi connectivity index (χ1n) is 8.01. The van der Waals surface area contributed by atoms with E-state index in [0.717, 1.165) is 11.3 Å². The Morgan fingerprint density at radius 1 is 1.10 bits per heavy atom.